The molecule has 2 rings (SSSR count). The van der Waals surface area contributed by atoms with Crippen molar-refractivity contribution in [2.75, 3.05) is 11.9 Å². The second-order valence-corrected chi connectivity index (χ2v) is 5.52. The highest BCUT2D eigenvalue weighted by atomic mass is 35.5. The Balaban J connectivity index is 2.04. The fourth-order valence-electron chi connectivity index (χ4n) is 2.51. The minimum Gasteiger partial charge on any atom is -0.393 e. The highest BCUT2D eigenvalue weighted by molar-refractivity contribution is 6.32. The van der Waals surface area contributed by atoms with Gasteiger partial charge in [-0.05, 0) is 12.8 Å². The Hall–Kier alpha value is -1.33. The van der Waals surface area contributed by atoms with Crippen molar-refractivity contribution in [3.05, 3.63) is 34.2 Å². The topological polar surface area (TPSA) is 67.2 Å². The first-order valence-electron chi connectivity index (χ1n) is 6.92. The second-order valence-electron chi connectivity index (χ2n) is 5.14. The molecule has 2 unspecified atom stereocenters. The lowest BCUT2D eigenvalue weighted by molar-refractivity contribution is 0.0763. The van der Waals surface area contributed by atoms with E-state index in [-0.39, 0.29) is 22.6 Å². The lowest BCUT2D eigenvalue weighted by Crippen LogP contribution is -2.31. The molecule has 2 N–H and O–H groups in total. The highest BCUT2D eigenvalue weighted by Crippen LogP contribution is 2.25. The molecule has 0 saturated heterocycles. The van der Waals surface area contributed by atoms with Gasteiger partial charge in [-0.15, -0.1) is 6.58 Å². The summed E-state index contributed by atoms with van der Waals surface area (Å²) in [6, 6.07) is 0. The molecule has 0 aromatic carbocycles. The summed E-state index contributed by atoms with van der Waals surface area (Å²) in [4.78, 5) is 11.9. The van der Waals surface area contributed by atoms with Crippen molar-refractivity contribution in [1.82, 2.24) is 9.78 Å². The third-order valence-corrected chi connectivity index (χ3v) is 4.08. The van der Waals surface area contributed by atoms with E-state index in [0.29, 0.717) is 18.8 Å². The first-order valence-corrected chi connectivity index (χ1v) is 7.29. The van der Waals surface area contributed by atoms with Gasteiger partial charge < -0.3 is 10.4 Å². The molecule has 2 atom stereocenters. The number of aliphatic hydroxyl groups is 1. The fraction of sp³-hybridized carbons (Fsp3) is 0.571. The number of hydrogen-bond acceptors (Lipinski definition) is 4. The van der Waals surface area contributed by atoms with Crippen LogP contribution in [-0.2, 0) is 6.54 Å². The minimum atomic E-state index is -0.333. The number of aliphatic hydroxyl groups excluding tert-OH is 1. The zero-order chi connectivity index (χ0) is 14.5. The highest BCUT2D eigenvalue weighted by Gasteiger charge is 2.23. The summed E-state index contributed by atoms with van der Waals surface area (Å²) < 4.78 is 1.26. The molecular formula is C14H20ClN3O2. The molecule has 20 heavy (non-hydrogen) atoms. The van der Waals surface area contributed by atoms with E-state index in [9.17, 15) is 9.90 Å². The fourth-order valence-corrected chi connectivity index (χ4v) is 2.72. The largest absolute Gasteiger partial charge is 0.393 e. The predicted octanol–water partition coefficient (Wildman–Crippen LogP) is 2.05. The molecule has 110 valence electrons. The molecule has 0 radical (unpaired) electrons. The number of aromatic nitrogens is 2. The van der Waals surface area contributed by atoms with E-state index >= 15 is 0 Å². The van der Waals surface area contributed by atoms with Gasteiger partial charge in [-0.25, -0.2) is 4.68 Å². The lowest BCUT2D eigenvalue weighted by atomic mass is 9.86. The Labute approximate surface area is 123 Å². The second kappa shape index (κ2) is 6.90. The van der Waals surface area contributed by atoms with E-state index in [4.69, 9.17) is 11.6 Å². The summed E-state index contributed by atoms with van der Waals surface area (Å²) in [6.07, 6.45) is 6.92. The van der Waals surface area contributed by atoms with Crippen molar-refractivity contribution in [3.63, 3.8) is 0 Å². The van der Waals surface area contributed by atoms with Crippen molar-refractivity contribution in [3.8, 4) is 0 Å². The molecule has 6 heteroatoms. The number of allylic oxidation sites excluding steroid dienone is 1. The van der Waals surface area contributed by atoms with Crippen LogP contribution in [0, 0.1) is 5.92 Å². The quantitative estimate of drug-likeness (QED) is 0.816. The van der Waals surface area contributed by atoms with Crippen molar-refractivity contribution >= 4 is 17.3 Å². The summed E-state index contributed by atoms with van der Waals surface area (Å²) in [5, 5.41) is 17.2. The van der Waals surface area contributed by atoms with Gasteiger partial charge in [0.15, 0.2) is 0 Å². The Kier molecular flexibility index (Phi) is 5.20. The van der Waals surface area contributed by atoms with E-state index in [0.717, 1.165) is 25.7 Å². The summed E-state index contributed by atoms with van der Waals surface area (Å²) >= 11 is 6.06. The van der Waals surface area contributed by atoms with E-state index in [1.54, 1.807) is 12.3 Å². The maximum absolute atomic E-state index is 11.9. The Bertz CT molecular complexity index is 530. The van der Waals surface area contributed by atoms with Crippen molar-refractivity contribution in [2.24, 2.45) is 5.92 Å². The van der Waals surface area contributed by atoms with Crippen LogP contribution in [0.15, 0.2) is 23.6 Å². The monoisotopic (exact) mass is 297 g/mol. The average molecular weight is 298 g/mol. The number of halogens is 1. The van der Waals surface area contributed by atoms with Gasteiger partial charge in [0.1, 0.15) is 5.02 Å². The van der Waals surface area contributed by atoms with Gasteiger partial charge in [-0.3, -0.25) is 4.79 Å². The molecule has 1 saturated carbocycles. The molecule has 1 aromatic heterocycles. The number of rotatable bonds is 5. The van der Waals surface area contributed by atoms with Crippen molar-refractivity contribution in [1.29, 1.82) is 0 Å². The van der Waals surface area contributed by atoms with Gasteiger partial charge in [0.05, 0.1) is 24.5 Å². The molecule has 1 aliphatic rings. The molecule has 0 amide bonds. The Morgan fingerprint density at radius 1 is 1.55 bits per heavy atom. The third kappa shape index (κ3) is 3.41. The van der Waals surface area contributed by atoms with Crippen LogP contribution in [0.2, 0.25) is 5.02 Å². The number of nitrogens with one attached hydrogen (secondary N) is 1. The number of hydrogen-bond donors (Lipinski definition) is 2. The molecule has 1 aliphatic carbocycles. The van der Waals surface area contributed by atoms with E-state index < -0.39 is 0 Å². The maximum Gasteiger partial charge on any atom is 0.287 e. The molecule has 0 spiro atoms. The summed E-state index contributed by atoms with van der Waals surface area (Å²) in [5.74, 6) is 0.204. The number of anilines is 1. The van der Waals surface area contributed by atoms with Crippen LogP contribution in [0.1, 0.15) is 25.7 Å². The normalized spacial score (nSPS) is 22.5. The van der Waals surface area contributed by atoms with Crippen LogP contribution < -0.4 is 10.9 Å². The van der Waals surface area contributed by atoms with E-state index in [1.807, 2.05) is 0 Å². The smallest absolute Gasteiger partial charge is 0.287 e. The average Bonchev–Trinajstić information content (AvgIpc) is 2.45. The molecule has 1 aromatic rings. The zero-order valence-corrected chi connectivity index (χ0v) is 12.1. The first-order chi connectivity index (χ1) is 9.63. The Morgan fingerprint density at radius 2 is 2.30 bits per heavy atom. The molecule has 5 nitrogen and oxygen atoms in total. The van der Waals surface area contributed by atoms with Crippen molar-refractivity contribution < 1.29 is 5.11 Å². The molecule has 1 fully saturated rings. The van der Waals surface area contributed by atoms with Gasteiger partial charge in [0.2, 0.25) is 0 Å². The van der Waals surface area contributed by atoms with Crippen LogP contribution in [-0.4, -0.2) is 27.5 Å². The zero-order valence-electron chi connectivity index (χ0n) is 11.4. The SMILES string of the molecule is C=CCn1ncc(NCC2CCCCC2O)c(Cl)c1=O. The van der Waals surface area contributed by atoms with Crippen LogP contribution in [0.5, 0.6) is 0 Å². The van der Waals surface area contributed by atoms with Gasteiger partial charge in [-0.2, -0.15) is 5.10 Å². The molecular weight excluding hydrogens is 278 g/mol. The third-order valence-electron chi connectivity index (χ3n) is 3.71. The summed E-state index contributed by atoms with van der Waals surface area (Å²) in [5.41, 5.74) is 0.190. The predicted molar refractivity (Wildman–Crippen MR) is 80.2 cm³/mol. The lowest BCUT2D eigenvalue weighted by Gasteiger charge is -2.28. The first kappa shape index (κ1) is 15.1. The minimum absolute atomic E-state index is 0.132. The van der Waals surface area contributed by atoms with E-state index in [2.05, 4.69) is 17.0 Å². The summed E-state index contributed by atoms with van der Waals surface area (Å²) in [6.45, 7) is 4.51. The maximum atomic E-state index is 11.9. The van der Waals surface area contributed by atoms with E-state index in [1.165, 1.54) is 4.68 Å². The Morgan fingerprint density at radius 3 is 3.00 bits per heavy atom. The molecule has 1 heterocycles. The van der Waals surface area contributed by atoms with Gasteiger partial charge in [0.25, 0.3) is 5.56 Å². The molecule has 0 aliphatic heterocycles. The number of nitrogens with zero attached hydrogens (tertiary/aromatic N) is 2. The van der Waals surface area contributed by atoms with Crippen LogP contribution in [0.25, 0.3) is 0 Å². The summed E-state index contributed by atoms with van der Waals surface area (Å²) in [7, 11) is 0. The van der Waals surface area contributed by atoms with Crippen molar-refractivity contribution in [2.45, 2.75) is 38.3 Å². The molecule has 0 bridgehead atoms. The van der Waals surface area contributed by atoms with Crippen LogP contribution >= 0.6 is 11.6 Å². The van der Waals surface area contributed by atoms with Gasteiger partial charge >= 0.3 is 0 Å². The van der Waals surface area contributed by atoms with Crippen LogP contribution in [0.3, 0.4) is 0 Å². The van der Waals surface area contributed by atoms with Crippen LogP contribution in [0.4, 0.5) is 5.69 Å². The standard InChI is InChI=1S/C14H20ClN3O2/c1-2-7-18-14(20)13(15)11(9-17-18)16-8-10-5-3-4-6-12(10)19/h2,9-10,12,16,19H,1,3-8H2. The van der Waals surface area contributed by atoms with Gasteiger partial charge in [0, 0.05) is 12.5 Å². The van der Waals surface area contributed by atoms with Gasteiger partial charge in [-0.1, -0.05) is 30.5 Å².